The third-order valence-electron chi connectivity index (χ3n) is 4.21. The van der Waals surface area contributed by atoms with E-state index in [2.05, 4.69) is 20.0 Å². The zero-order valence-corrected chi connectivity index (χ0v) is 15.2. The summed E-state index contributed by atoms with van der Waals surface area (Å²) in [6.45, 7) is 6.94. The highest BCUT2D eigenvalue weighted by atomic mass is 35.5. The summed E-state index contributed by atoms with van der Waals surface area (Å²) in [5, 5.41) is 4.00. The average Bonchev–Trinajstić information content (AvgIpc) is 3.13. The van der Waals surface area contributed by atoms with E-state index in [0.29, 0.717) is 37.1 Å². The Bertz CT molecular complexity index is 708. The minimum atomic E-state index is 0.121. The van der Waals surface area contributed by atoms with Crippen LogP contribution in [0.25, 0.3) is 11.4 Å². The largest absolute Gasteiger partial charge is 0.353 e. The van der Waals surface area contributed by atoms with Crippen molar-refractivity contribution < 1.29 is 9.32 Å². The molecule has 0 saturated carbocycles. The van der Waals surface area contributed by atoms with E-state index in [4.69, 9.17) is 16.1 Å². The first-order valence-corrected chi connectivity index (χ1v) is 9.00. The predicted molar refractivity (Wildman–Crippen MR) is 95.7 cm³/mol. The van der Waals surface area contributed by atoms with Gasteiger partial charge in [0.25, 0.3) is 0 Å². The first-order chi connectivity index (χ1) is 12.1. The third-order valence-corrected chi connectivity index (χ3v) is 4.40. The van der Waals surface area contributed by atoms with Crippen LogP contribution < -0.4 is 4.90 Å². The summed E-state index contributed by atoms with van der Waals surface area (Å²) in [5.41, 5.74) is 0.829. The van der Waals surface area contributed by atoms with Crippen LogP contribution in [0.4, 0.5) is 5.82 Å². The number of anilines is 1. The molecule has 7 nitrogen and oxygen atoms in total. The maximum atomic E-state index is 11.9. The molecule has 3 heterocycles. The van der Waals surface area contributed by atoms with Gasteiger partial charge >= 0.3 is 0 Å². The van der Waals surface area contributed by atoms with Gasteiger partial charge in [0, 0.05) is 56.2 Å². The van der Waals surface area contributed by atoms with Gasteiger partial charge in [-0.2, -0.15) is 4.98 Å². The van der Waals surface area contributed by atoms with E-state index >= 15 is 0 Å². The highest BCUT2D eigenvalue weighted by molar-refractivity contribution is 6.18. The van der Waals surface area contributed by atoms with E-state index in [0.717, 1.165) is 24.5 Å². The minimum Gasteiger partial charge on any atom is -0.353 e. The van der Waals surface area contributed by atoms with Crippen molar-refractivity contribution in [3.8, 4) is 11.4 Å². The monoisotopic (exact) mass is 363 g/mol. The summed E-state index contributed by atoms with van der Waals surface area (Å²) in [6.07, 6.45) is 2.16. The number of halogens is 1. The molecule has 0 atom stereocenters. The maximum Gasteiger partial charge on any atom is 0.229 e. The van der Waals surface area contributed by atoms with Gasteiger partial charge in [-0.1, -0.05) is 19.0 Å². The van der Waals surface area contributed by atoms with Crippen LogP contribution in [0.15, 0.2) is 22.9 Å². The number of hydrogen-bond acceptors (Lipinski definition) is 6. The number of rotatable bonds is 5. The molecular weight excluding hydrogens is 342 g/mol. The van der Waals surface area contributed by atoms with Crippen LogP contribution in [0.2, 0.25) is 0 Å². The van der Waals surface area contributed by atoms with Gasteiger partial charge in [0.05, 0.1) is 0 Å². The summed E-state index contributed by atoms with van der Waals surface area (Å²) in [5.74, 6) is 2.76. The molecule has 0 spiro atoms. The Balaban J connectivity index is 1.62. The van der Waals surface area contributed by atoms with Crippen molar-refractivity contribution in [2.45, 2.75) is 26.2 Å². The van der Waals surface area contributed by atoms with Crippen molar-refractivity contribution in [3.05, 3.63) is 24.2 Å². The molecule has 0 N–H and O–H groups in total. The molecule has 8 heteroatoms. The summed E-state index contributed by atoms with van der Waals surface area (Å²) in [6, 6.07) is 3.90. The number of carbonyl (C=O) groups excluding carboxylic acids is 1. The number of aromatic nitrogens is 3. The normalized spacial score (nSPS) is 15.0. The van der Waals surface area contributed by atoms with Crippen LogP contribution in [-0.2, 0) is 4.79 Å². The van der Waals surface area contributed by atoms with Gasteiger partial charge in [-0.25, -0.2) is 4.98 Å². The van der Waals surface area contributed by atoms with Crippen LogP contribution in [0.3, 0.4) is 0 Å². The van der Waals surface area contributed by atoms with Crippen LogP contribution >= 0.6 is 11.6 Å². The molecule has 2 aromatic rings. The highest BCUT2D eigenvalue weighted by Gasteiger charge is 2.21. The molecule has 0 unspecified atom stereocenters. The Kier molecular flexibility index (Phi) is 5.53. The van der Waals surface area contributed by atoms with Crippen LogP contribution in [0.1, 0.15) is 32.1 Å². The number of piperazine rings is 1. The second kappa shape index (κ2) is 7.82. The molecule has 1 aliphatic rings. The Morgan fingerprint density at radius 2 is 2.04 bits per heavy atom. The number of carbonyl (C=O) groups is 1. The lowest BCUT2D eigenvalue weighted by atomic mass is 10.2. The quantitative estimate of drug-likeness (QED) is 0.760. The minimum absolute atomic E-state index is 0.121. The molecule has 3 rings (SSSR count). The maximum absolute atomic E-state index is 11.9. The van der Waals surface area contributed by atoms with Gasteiger partial charge in [0.2, 0.25) is 17.6 Å². The van der Waals surface area contributed by atoms with Crippen molar-refractivity contribution >= 4 is 23.3 Å². The molecule has 1 saturated heterocycles. The number of pyridine rings is 1. The summed E-state index contributed by atoms with van der Waals surface area (Å²) < 4.78 is 5.23. The fraction of sp³-hybridized carbons (Fsp3) is 0.529. The topological polar surface area (TPSA) is 75.4 Å². The third kappa shape index (κ3) is 4.10. The van der Waals surface area contributed by atoms with Crippen molar-refractivity contribution in [2.24, 2.45) is 0 Å². The molecule has 134 valence electrons. The van der Waals surface area contributed by atoms with E-state index in [1.54, 1.807) is 6.20 Å². The van der Waals surface area contributed by atoms with E-state index in [-0.39, 0.29) is 11.8 Å². The van der Waals surface area contributed by atoms with E-state index in [1.807, 2.05) is 30.9 Å². The van der Waals surface area contributed by atoms with E-state index in [1.165, 1.54) is 0 Å². The van der Waals surface area contributed by atoms with E-state index < -0.39 is 0 Å². The Hall–Kier alpha value is -2.15. The lowest BCUT2D eigenvalue weighted by Crippen LogP contribution is -2.49. The van der Waals surface area contributed by atoms with Crippen molar-refractivity contribution in [1.82, 2.24) is 20.0 Å². The van der Waals surface area contributed by atoms with Gasteiger partial charge in [0.15, 0.2) is 0 Å². The molecular formula is C17H22ClN5O2. The Morgan fingerprint density at radius 3 is 2.60 bits per heavy atom. The molecule has 1 fully saturated rings. The number of amides is 1. The van der Waals surface area contributed by atoms with Gasteiger partial charge in [0.1, 0.15) is 5.82 Å². The summed E-state index contributed by atoms with van der Waals surface area (Å²) in [7, 11) is 0. The molecule has 2 aromatic heterocycles. The van der Waals surface area contributed by atoms with E-state index in [9.17, 15) is 4.79 Å². The number of nitrogens with zero attached hydrogens (tertiary/aromatic N) is 5. The first kappa shape index (κ1) is 17.7. The molecule has 0 aliphatic carbocycles. The fourth-order valence-corrected chi connectivity index (χ4v) is 2.88. The molecule has 0 radical (unpaired) electrons. The van der Waals surface area contributed by atoms with Crippen LogP contribution in [0.5, 0.6) is 0 Å². The standard InChI is InChI=1S/C17H22ClN5O2/c1-12(2)17-20-16(21-25-17)13-3-4-14(19-11-13)22-7-9-23(10-8-22)15(24)5-6-18/h3-4,11-12H,5-10H2,1-2H3. The van der Waals surface area contributed by atoms with Crippen molar-refractivity contribution in [2.75, 3.05) is 37.0 Å². The van der Waals surface area contributed by atoms with Gasteiger partial charge < -0.3 is 14.3 Å². The molecule has 1 aliphatic heterocycles. The van der Waals surface area contributed by atoms with Crippen molar-refractivity contribution in [3.63, 3.8) is 0 Å². The Morgan fingerprint density at radius 1 is 1.28 bits per heavy atom. The summed E-state index contributed by atoms with van der Waals surface area (Å²) in [4.78, 5) is 24.8. The van der Waals surface area contributed by atoms with Gasteiger partial charge in [-0.3, -0.25) is 4.79 Å². The fourth-order valence-electron chi connectivity index (χ4n) is 2.72. The molecule has 0 aromatic carbocycles. The lowest BCUT2D eigenvalue weighted by molar-refractivity contribution is -0.131. The Labute approximate surface area is 152 Å². The van der Waals surface area contributed by atoms with Crippen molar-refractivity contribution in [1.29, 1.82) is 0 Å². The number of hydrogen-bond donors (Lipinski definition) is 0. The smallest absolute Gasteiger partial charge is 0.229 e. The van der Waals surface area contributed by atoms with Crippen LogP contribution in [-0.4, -0.2) is 58.0 Å². The zero-order chi connectivity index (χ0) is 17.8. The number of alkyl halides is 1. The first-order valence-electron chi connectivity index (χ1n) is 8.47. The lowest BCUT2D eigenvalue weighted by Gasteiger charge is -2.35. The summed E-state index contributed by atoms with van der Waals surface area (Å²) >= 11 is 5.64. The molecule has 0 bridgehead atoms. The average molecular weight is 364 g/mol. The van der Waals surface area contributed by atoms with Gasteiger partial charge in [-0.05, 0) is 12.1 Å². The predicted octanol–water partition coefficient (Wildman–Crippen LogP) is 2.53. The highest BCUT2D eigenvalue weighted by Crippen LogP contribution is 2.21. The molecule has 1 amide bonds. The van der Waals surface area contributed by atoms with Gasteiger partial charge in [-0.15, -0.1) is 11.6 Å². The molecule has 25 heavy (non-hydrogen) atoms. The SMILES string of the molecule is CC(C)c1nc(-c2ccc(N3CCN(C(=O)CCCl)CC3)nc2)no1. The van der Waals surface area contributed by atoms with Crippen LogP contribution in [0, 0.1) is 0 Å². The zero-order valence-electron chi connectivity index (χ0n) is 14.5. The second-order valence-electron chi connectivity index (χ2n) is 6.32. The second-order valence-corrected chi connectivity index (χ2v) is 6.70.